The zero-order valence-electron chi connectivity index (χ0n) is 16.0. The topological polar surface area (TPSA) is 76.2 Å². The molecule has 3 heterocycles. The van der Waals surface area contributed by atoms with Crippen LogP contribution < -0.4 is 10.2 Å². The minimum absolute atomic E-state index is 0.183. The molecule has 0 spiro atoms. The van der Waals surface area contributed by atoms with Crippen molar-refractivity contribution < 1.29 is 13.6 Å². The summed E-state index contributed by atoms with van der Waals surface area (Å²) < 4.78 is 20.6. The number of amides is 1. The molecule has 1 aromatic carbocycles. The van der Waals surface area contributed by atoms with E-state index in [9.17, 15) is 9.18 Å². The number of benzene rings is 1. The second kappa shape index (κ2) is 8.69. The highest BCUT2D eigenvalue weighted by molar-refractivity contribution is 8.00. The van der Waals surface area contributed by atoms with Crippen LogP contribution >= 0.6 is 11.8 Å². The molecular formula is C20H22FN5O2S. The van der Waals surface area contributed by atoms with E-state index in [1.807, 2.05) is 23.6 Å². The SMILES string of the molecule is CC(Sc1nnc(N2CCCC2)n1Cc1ccco1)C(=O)Nc1ccc(F)cc1. The number of anilines is 2. The van der Waals surface area contributed by atoms with E-state index in [0.29, 0.717) is 17.4 Å². The molecule has 0 saturated carbocycles. The van der Waals surface area contributed by atoms with Gasteiger partial charge in [-0.1, -0.05) is 11.8 Å². The summed E-state index contributed by atoms with van der Waals surface area (Å²) in [6, 6.07) is 9.46. The Balaban J connectivity index is 1.50. The summed E-state index contributed by atoms with van der Waals surface area (Å²) in [5, 5.41) is 11.8. The Hall–Kier alpha value is -2.81. The Kier molecular flexibility index (Phi) is 5.84. The van der Waals surface area contributed by atoms with E-state index < -0.39 is 5.25 Å². The lowest BCUT2D eigenvalue weighted by atomic mass is 10.3. The number of carbonyl (C=O) groups excluding carboxylic acids is 1. The molecule has 1 saturated heterocycles. The molecular weight excluding hydrogens is 393 g/mol. The smallest absolute Gasteiger partial charge is 0.237 e. The largest absolute Gasteiger partial charge is 0.467 e. The Morgan fingerprint density at radius 2 is 2.00 bits per heavy atom. The van der Waals surface area contributed by atoms with Crippen molar-refractivity contribution in [3.8, 4) is 0 Å². The number of rotatable bonds is 7. The molecule has 29 heavy (non-hydrogen) atoms. The van der Waals surface area contributed by atoms with Crippen LogP contribution in [-0.4, -0.2) is 39.0 Å². The van der Waals surface area contributed by atoms with Gasteiger partial charge in [-0.3, -0.25) is 9.36 Å². The number of nitrogens with one attached hydrogen (secondary N) is 1. The molecule has 4 rings (SSSR count). The Morgan fingerprint density at radius 1 is 1.24 bits per heavy atom. The molecule has 1 fully saturated rings. The maximum atomic E-state index is 13.1. The van der Waals surface area contributed by atoms with Gasteiger partial charge in [0.15, 0.2) is 5.16 Å². The van der Waals surface area contributed by atoms with Crippen LogP contribution in [0.4, 0.5) is 16.0 Å². The predicted molar refractivity (Wildman–Crippen MR) is 110 cm³/mol. The van der Waals surface area contributed by atoms with Crippen molar-refractivity contribution in [2.45, 2.75) is 36.7 Å². The average Bonchev–Trinajstić information content (AvgIpc) is 3.47. The summed E-state index contributed by atoms with van der Waals surface area (Å²) in [5.74, 6) is 1.07. The molecule has 152 valence electrons. The van der Waals surface area contributed by atoms with Crippen molar-refractivity contribution in [2.24, 2.45) is 0 Å². The molecule has 0 aliphatic carbocycles. The van der Waals surface area contributed by atoms with Gasteiger partial charge >= 0.3 is 0 Å². The number of hydrogen-bond acceptors (Lipinski definition) is 6. The van der Waals surface area contributed by atoms with Gasteiger partial charge in [0.1, 0.15) is 11.6 Å². The fourth-order valence-corrected chi connectivity index (χ4v) is 4.05. The van der Waals surface area contributed by atoms with Crippen molar-refractivity contribution in [1.29, 1.82) is 0 Å². The first-order valence-corrected chi connectivity index (χ1v) is 10.4. The summed E-state index contributed by atoms with van der Waals surface area (Å²) in [6.45, 7) is 4.20. The molecule has 0 bridgehead atoms. The monoisotopic (exact) mass is 415 g/mol. The van der Waals surface area contributed by atoms with Gasteiger partial charge < -0.3 is 14.6 Å². The number of hydrogen-bond donors (Lipinski definition) is 1. The van der Waals surface area contributed by atoms with Crippen molar-refractivity contribution in [1.82, 2.24) is 14.8 Å². The van der Waals surface area contributed by atoms with Crippen LogP contribution in [-0.2, 0) is 11.3 Å². The highest BCUT2D eigenvalue weighted by atomic mass is 32.2. The van der Waals surface area contributed by atoms with Gasteiger partial charge in [-0.15, -0.1) is 10.2 Å². The van der Waals surface area contributed by atoms with Gasteiger partial charge in [-0.2, -0.15) is 0 Å². The molecule has 1 aliphatic heterocycles. The van der Waals surface area contributed by atoms with E-state index in [-0.39, 0.29) is 11.7 Å². The van der Waals surface area contributed by atoms with Gasteiger partial charge in [0.25, 0.3) is 0 Å². The number of aromatic nitrogens is 3. The van der Waals surface area contributed by atoms with Crippen LogP contribution in [0.5, 0.6) is 0 Å². The fraction of sp³-hybridized carbons (Fsp3) is 0.350. The zero-order chi connectivity index (χ0) is 20.2. The lowest BCUT2D eigenvalue weighted by Gasteiger charge is -2.18. The standard InChI is InChI=1S/C20H22FN5O2S/c1-14(18(27)22-16-8-6-15(21)7-9-16)29-20-24-23-19(25-10-2-3-11-25)26(20)13-17-5-4-12-28-17/h4-9,12,14H,2-3,10-11,13H2,1H3,(H,22,27). The average molecular weight is 415 g/mol. The van der Waals surface area contributed by atoms with Crippen LogP contribution in [0.2, 0.25) is 0 Å². The summed E-state index contributed by atoms with van der Waals surface area (Å²) >= 11 is 1.34. The van der Waals surface area contributed by atoms with Crippen LogP contribution in [0.25, 0.3) is 0 Å². The first-order chi connectivity index (χ1) is 14.1. The number of thioether (sulfide) groups is 1. The minimum atomic E-state index is -0.411. The van der Waals surface area contributed by atoms with Crippen LogP contribution in [0.1, 0.15) is 25.5 Å². The first-order valence-electron chi connectivity index (χ1n) is 9.54. The molecule has 1 atom stereocenters. The van der Waals surface area contributed by atoms with Crippen molar-refractivity contribution in [3.63, 3.8) is 0 Å². The molecule has 0 radical (unpaired) electrons. The van der Waals surface area contributed by atoms with Crippen molar-refractivity contribution >= 4 is 29.3 Å². The van der Waals surface area contributed by atoms with Gasteiger partial charge in [0, 0.05) is 18.8 Å². The maximum absolute atomic E-state index is 13.1. The van der Waals surface area contributed by atoms with E-state index in [2.05, 4.69) is 20.4 Å². The van der Waals surface area contributed by atoms with E-state index in [0.717, 1.165) is 37.6 Å². The summed E-state index contributed by atoms with van der Waals surface area (Å²) in [5.41, 5.74) is 0.554. The minimum Gasteiger partial charge on any atom is -0.467 e. The third kappa shape index (κ3) is 4.61. The number of furan rings is 1. The molecule has 1 aliphatic rings. The van der Waals surface area contributed by atoms with Crippen LogP contribution in [0.3, 0.4) is 0 Å². The molecule has 1 unspecified atom stereocenters. The van der Waals surface area contributed by atoms with Crippen molar-refractivity contribution in [2.75, 3.05) is 23.3 Å². The second-order valence-corrected chi connectivity index (χ2v) is 8.21. The molecule has 9 heteroatoms. The highest BCUT2D eigenvalue weighted by Gasteiger charge is 2.25. The third-order valence-corrected chi connectivity index (χ3v) is 5.82. The first kappa shape index (κ1) is 19.5. The third-order valence-electron chi connectivity index (χ3n) is 4.74. The molecule has 1 amide bonds. The van der Waals surface area contributed by atoms with Gasteiger partial charge in [0.05, 0.1) is 18.1 Å². The molecule has 1 N–H and O–H groups in total. The van der Waals surface area contributed by atoms with E-state index in [1.165, 1.54) is 36.0 Å². The van der Waals surface area contributed by atoms with Crippen LogP contribution in [0, 0.1) is 5.82 Å². The number of nitrogens with zero attached hydrogens (tertiary/aromatic N) is 4. The summed E-state index contributed by atoms with van der Waals surface area (Å²) in [7, 11) is 0. The maximum Gasteiger partial charge on any atom is 0.237 e. The molecule has 2 aromatic heterocycles. The van der Waals surface area contributed by atoms with E-state index in [4.69, 9.17) is 4.42 Å². The van der Waals surface area contributed by atoms with Gasteiger partial charge in [0.2, 0.25) is 11.9 Å². The lowest BCUT2D eigenvalue weighted by Crippen LogP contribution is -2.24. The summed E-state index contributed by atoms with van der Waals surface area (Å²) in [6.07, 6.45) is 3.90. The van der Waals surface area contributed by atoms with E-state index in [1.54, 1.807) is 6.26 Å². The normalized spacial score (nSPS) is 14.9. The second-order valence-electron chi connectivity index (χ2n) is 6.90. The number of carbonyl (C=O) groups is 1. The molecule has 7 nitrogen and oxygen atoms in total. The van der Waals surface area contributed by atoms with Crippen molar-refractivity contribution in [3.05, 3.63) is 54.2 Å². The fourth-order valence-electron chi connectivity index (χ4n) is 3.20. The quantitative estimate of drug-likeness (QED) is 0.592. The Labute approximate surface area is 172 Å². The summed E-state index contributed by atoms with van der Waals surface area (Å²) in [4.78, 5) is 14.8. The van der Waals surface area contributed by atoms with E-state index >= 15 is 0 Å². The van der Waals surface area contributed by atoms with Crippen LogP contribution in [0.15, 0.2) is 52.2 Å². The van der Waals surface area contributed by atoms with Gasteiger partial charge in [-0.05, 0) is 56.2 Å². The van der Waals surface area contributed by atoms with Gasteiger partial charge in [-0.25, -0.2) is 4.39 Å². The molecule has 3 aromatic rings. The zero-order valence-corrected chi connectivity index (χ0v) is 16.9. The predicted octanol–water partition coefficient (Wildman–Crippen LogP) is 3.78. The highest BCUT2D eigenvalue weighted by Crippen LogP contribution is 2.29. The lowest BCUT2D eigenvalue weighted by molar-refractivity contribution is -0.115. The number of halogens is 1. The Bertz CT molecular complexity index is 952. The Morgan fingerprint density at radius 3 is 2.69 bits per heavy atom.